The number of ether oxygens (including phenoxy) is 1. The maximum absolute atomic E-state index is 12.7. The Kier molecular flexibility index (Phi) is 6.58. The molecule has 0 spiro atoms. The van der Waals surface area contributed by atoms with Crippen LogP contribution in [0.3, 0.4) is 0 Å². The minimum absolute atomic E-state index is 0.0685. The molecule has 0 saturated carbocycles. The first kappa shape index (κ1) is 16.2. The van der Waals surface area contributed by atoms with Crippen LogP contribution >= 0.6 is 15.9 Å². The zero-order chi connectivity index (χ0) is 14.4. The van der Waals surface area contributed by atoms with Crippen molar-refractivity contribution in [2.45, 2.75) is 32.7 Å². The lowest BCUT2D eigenvalue weighted by Crippen LogP contribution is -2.42. The van der Waals surface area contributed by atoms with E-state index in [2.05, 4.69) is 29.8 Å². The van der Waals surface area contributed by atoms with Crippen LogP contribution in [-0.4, -0.2) is 41.7 Å². The van der Waals surface area contributed by atoms with E-state index in [1.54, 1.807) is 7.11 Å². The SMILES string of the molecule is CCC(CC)N(CCOC)C(=O)c1cc(Br)cn1C. The molecule has 0 unspecified atom stereocenters. The Balaban J connectivity index is 2.96. The zero-order valence-electron chi connectivity index (χ0n) is 12.1. The molecule has 0 radical (unpaired) electrons. The van der Waals surface area contributed by atoms with Crippen LogP contribution in [0, 0.1) is 0 Å². The number of aryl methyl sites for hydroxylation is 1. The highest BCUT2D eigenvalue weighted by atomic mass is 79.9. The van der Waals surface area contributed by atoms with E-state index in [9.17, 15) is 4.79 Å². The van der Waals surface area contributed by atoms with Gasteiger partial charge in [-0.2, -0.15) is 0 Å². The molecule has 0 aliphatic rings. The lowest BCUT2D eigenvalue weighted by Gasteiger charge is -2.30. The highest BCUT2D eigenvalue weighted by Gasteiger charge is 2.24. The Morgan fingerprint density at radius 1 is 1.47 bits per heavy atom. The summed E-state index contributed by atoms with van der Waals surface area (Å²) >= 11 is 3.41. The van der Waals surface area contributed by atoms with Crippen molar-refractivity contribution in [3.63, 3.8) is 0 Å². The largest absolute Gasteiger partial charge is 0.383 e. The van der Waals surface area contributed by atoms with Crippen molar-refractivity contribution >= 4 is 21.8 Å². The fourth-order valence-corrected chi connectivity index (χ4v) is 2.78. The van der Waals surface area contributed by atoms with Crippen LogP contribution in [0.1, 0.15) is 37.2 Å². The van der Waals surface area contributed by atoms with Crippen molar-refractivity contribution in [2.24, 2.45) is 7.05 Å². The lowest BCUT2D eigenvalue weighted by molar-refractivity contribution is 0.0580. The third-order valence-corrected chi connectivity index (χ3v) is 3.80. The van der Waals surface area contributed by atoms with Crippen molar-refractivity contribution in [1.82, 2.24) is 9.47 Å². The highest BCUT2D eigenvalue weighted by Crippen LogP contribution is 2.18. The summed E-state index contributed by atoms with van der Waals surface area (Å²) < 4.78 is 7.90. The number of carbonyl (C=O) groups excluding carboxylic acids is 1. The van der Waals surface area contributed by atoms with Crippen LogP contribution < -0.4 is 0 Å². The summed E-state index contributed by atoms with van der Waals surface area (Å²) in [5.74, 6) is 0.0685. The predicted octanol–water partition coefficient (Wildman–Crippen LogP) is 3.06. The molecular formula is C14H23BrN2O2. The first-order valence-corrected chi connectivity index (χ1v) is 7.46. The van der Waals surface area contributed by atoms with Gasteiger partial charge in [0.2, 0.25) is 0 Å². The standard InChI is InChI=1S/C14H23BrN2O2/c1-5-12(6-2)17(7-8-19-4)14(18)13-9-11(15)10-16(13)3/h9-10,12H,5-8H2,1-4H3. The molecule has 0 saturated heterocycles. The third kappa shape index (κ3) is 4.08. The smallest absolute Gasteiger partial charge is 0.270 e. The van der Waals surface area contributed by atoms with Gasteiger partial charge in [-0.3, -0.25) is 4.79 Å². The summed E-state index contributed by atoms with van der Waals surface area (Å²) in [6.07, 6.45) is 3.81. The van der Waals surface area contributed by atoms with Crippen LogP contribution in [0.25, 0.3) is 0 Å². The van der Waals surface area contributed by atoms with E-state index in [0.29, 0.717) is 18.8 Å². The minimum Gasteiger partial charge on any atom is -0.383 e. The van der Waals surface area contributed by atoms with Crippen LogP contribution in [0.15, 0.2) is 16.7 Å². The normalized spacial score (nSPS) is 11.1. The molecule has 1 aromatic rings. The number of aromatic nitrogens is 1. The maximum Gasteiger partial charge on any atom is 0.270 e. The van der Waals surface area contributed by atoms with E-state index in [4.69, 9.17) is 4.74 Å². The number of rotatable bonds is 7. The predicted molar refractivity (Wildman–Crippen MR) is 80.4 cm³/mol. The van der Waals surface area contributed by atoms with Gasteiger partial charge >= 0.3 is 0 Å². The van der Waals surface area contributed by atoms with E-state index < -0.39 is 0 Å². The van der Waals surface area contributed by atoms with Gasteiger partial charge in [0.25, 0.3) is 5.91 Å². The Morgan fingerprint density at radius 3 is 2.53 bits per heavy atom. The topological polar surface area (TPSA) is 34.5 Å². The quantitative estimate of drug-likeness (QED) is 0.770. The number of carbonyl (C=O) groups is 1. The Bertz CT molecular complexity index is 414. The summed E-state index contributed by atoms with van der Waals surface area (Å²) in [7, 11) is 3.55. The molecule has 0 atom stereocenters. The van der Waals surface area contributed by atoms with E-state index >= 15 is 0 Å². The van der Waals surface area contributed by atoms with Gasteiger partial charge in [-0.25, -0.2) is 0 Å². The second-order valence-corrected chi connectivity index (χ2v) is 5.53. The molecule has 1 amide bonds. The van der Waals surface area contributed by atoms with E-state index in [-0.39, 0.29) is 11.9 Å². The molecule has 0 bridgehead atoms. The number of nitrogens with zero attached hydrogens (tertiary/aromatic N) is 2. The average Bonchev–Trinajstić information content (AvgIpc) is 2.73. The maximum atomic E-state index is 12.7. The van der Waals surface area contributed by atoms with E-state index in [1.807, 2.05) is 28.8 Å². The number of hydrogen-bond acceptors (Lipinski definition) is 2. The fourth-order valence-electron chi connectivity index (χ4n) is 2.25. The molecule has 0 fully saturated rings. The molecule has 1 heterocycles. The molecule has 19 heavy (non-hydrogen) atoms. The number of hydrogen-bond donors (Lipinski definition) is 0. The molecule has 5 heteroatoms. The molecule has 1 aromatic heterocycles. The van der Waals surface area contributed by atoms with E-state index in [1.165, 1.54) is 0 Å². The first-order chi connectivity index (χ1) is 9.04. The van der Waals surface area contributed by atoms with Gasteiger partial charge in [-0.15, -0.1) is 0 Å². The molecule has 0 aromatic carbocycles. The zero-order valence-corrected chi connectivity index (χ0v) is 13.7. The summed E-state index contributed by atoms with van der Waals surface area (Å²) in [5.41, 5.74) is 0.704. The van der Waals surface area contributed by atoms with Crippen molar-refractivity contribution in [3.05, 3.63) is 22.4 Å². The lowest BCUT2D eigenvalue weighted by atomic mass is 10.1. The number of amides is 1. The molecule has 1 rings (SSSR count). The van der Waals surface area contributed by atoms with Crippen LogP contribution in [-0.2, 0) is 11.8 Å². The first-order valence-electron chi connectivity index (χ1n) is 6.66. The molecule has 108 valence electrons. The van der Waals surface area contributed by atoms with Crippen molar-refractivity contribution in [2.75, 3.05) is 20.3 Å². The Morgan fingerprint density at radius 2 is 2.11 bits per heavy atom. The minimum atomic E-state index is 0.0685. The number of methoxy groups -OCH3 is 1. The van der Waals surface area contributed by atoms with Crippen LogP contribution in [0.4, 0.5) is 0 Å². The second-order valence-electron chi connectivity index (χ2n) is 4.62. The van der Waals surface area contributed by atoms with Crippen molar-refractivity contribution in [3.8, 4) is 0 Å². The van der Waals surface area contributed by atoms with Gasteiger partial charge in [0.1, 0.15) is 5.69 Å². The molecule has 0 aliphatic carbocycles. The van der Waals surface area contributed by atoms with Gasteiger partial charge in [0, 0.05) is 37.4 Å². The Labute approximate surface area is 123 Å². The average molecular weight is 331 g/mol. The monoisotopic (exact) mass is 330 g/mol. The fraction of sp³-hybridized carbons (Fsp3) is 0.643. The molecular weight excluding hydrogens is 308 g/mol. The van der Waals surface area contributed by atoms with E-state index in [0.717, 1.165) is 17.3 Å². The highest BCUT2D eigenvalue weighted by molar-refractivity contribution is 9.10. The van der Waals surface area contributed by atoms with Gasteiger partial charge in [0.05, 0.1) is 6.61 Å². The summed E-state index contributed by atoms with van der Waals surface area (Å²) in [6, 6.07) is 2.13. The van der Waals surface area contributed by atoms with Crippen LogP contribution in [0.2, 0.25) is 0 Å². The van der Waals surface area contributed by atoms with Gasteiger partial charge in [-0.1, -0.05) is 13.8 Å². The summed E-state index contributed by atoms with van der Waals surface area (Å²) in [5, 5.41) is 0. The second kappa shape index (κ2) is 7.70. The van der Waals surface area contributed by atoms with Crippen LogP contribution in [0.5, 0.6) is 0 Å². The van der Waals surface area contributed by atoms with Gasteiger partial charge < -0.3 is 14.2 Å². The van der Waals surface area contributed by atoms with Gasteiger partial charge in [0.15, 0.2) is 0 Å². The number of halogens is 1. The van der Waals surface area contributed by atoms with Crippen molar-refractivity contribution < 1.29 is 9.53 Å². The summed E-state index contributed by atoms with van der Waals surface area (Å²) in [6.45, 7) is 5.42. The van der Waals surface area contributed by atoms with Gasteiger partial charge in [-0.05, 0) is 34.8 Å². The molecule has 4 nitrogen and oxygen atoms in total. The molecule has 0 N–H and O–H groups in total. The molecule has 0 aliphatic heterocycles. The summed E-state index contributed by atoms with van der Waals surface area (Å²) in [4.78, 5) is 14.6. The third-order valence-electron chi connectivity index (χ3n) is 3.37. The Hall–Kier alpha value is -0.810. The van der Waals surface area contributed by atoms with Crippen molar-refractivity contribution in [1.29, 1.82) is 0 Å².